The summed E-state index contributed by atoms with van der Waals surface area (Å²) in [7, 11) is 0. The van der Waals surface area contributed by atoms with Crippen LogP contribution in [0.25, 0.3) is 28.2 Å². The van der Waals surface area contributed by atoms with Crippen LogP contribution in [0, 0.1) is 27.7 Å². The molecule has 0 saturated carbocycles. The predicted octanol–water partition coefficient (Wildman–Crippen LogP) is 7.75. The van der Waals surface area contributed by atoms with Gasteiger partial charge in [-0.05, 0) is 74.2 Å². The van der Waals surface area contributed by atoms with Crippen molar-refractivity contribution in [1.29, 1.82) is 0 Å². The molecule has 1 aromatic heterocycles. The zero-order valence-electron chi connectivity index (χ0n) is 16.9. The minimum absolute atomic E-state index is 0.622. The van der Waals surface area contributed by atoms with Gasteiger partial charge < -0.3 is 0 Å². The van der Waals surface area contributed by atoms with Gasteiger partial charge in [0, 0.05) is 11.1 Å². The molecule has 0 atom stereocenters. The SMILES string of the molecule is Cc1ccc(-c2nn(-c3ccccc3Cl)c(-c3ccc(C)c(C)c3)c2Cl)cc1C. The topological polar surface area (TPSA) is 17.8 Å². The first-order valence-corrected chi connectivity index (χ1v) is 10.3. The third-order valence-corrected chi connectivity index (χ3v) is 6.15. The molecule has 3 aromatic carbocycles. The zero-order valence-corrected chi connectivity index (χ0v) is 18.4. The lowest BCUT2D eigenvalue weighted by Crippen LogP contribution is -2.00. The first-order valence-electron chi connectivity index (χ1n) is 9.55. The number of halogens is 2. The van der Waals surface area contributed by atoms with E-state index in [0.717, 1.165) is 28.2 Å². The average molecular weight is 421 g/mol. The molecule has 146 valence electrons. The van der Waals surface area contributed by atoms with Crippen LogP contribution in [0.2, 0.25) is 10.0 Å². The van der Waals surface area contributed by atoms with Crippen LogP contribution in [0.3, 0.4) is 0 Å². The third kappa shape index (κ3) is 3.59. The molecule has 4 heteroatoms. The minimum Gasteiger partial charge on any atom is -0.229 e. The minimum atomic E-state index is 0.622. The normalized spacial score (nSPS) is 11.1. The molecule has 0 bridgehead atoms. The van der Waals surface area contributed by atoms with Gasteiger partial charge in [0.1, 0.15) is 5.69 Å². The van der Waals surface area contributed by atoms with Gasteiger partial charge in [0.2, 0.25) is 0 Å². The Morgan fingerprint density at radius 3 is 1.90 bits per heavy atom. The number of benzene rings is 3. The van der Waals surface area contributed by atoms with Crippen LogP contribution in [-0.2, 0) is 0 Å². The molecule has 4 aromatic rings. The number of hydrogen-bond acceptors (Lipinski definition) is 1. The second-order valence-electron chi connectivity index (χ2n) is 7.47. The van der Waals surface area contributed by atoms with Crippen molar-refractivity contribution in [3.05, 3.63) is 93.0 Å². The fraction of sp³-hybridized carbons (Fsp3) is 0.160. The van der Waals surface area contributed by atoms with E-state index in [1.165, 1.54) is 22.3 Å². The van der Waals surface area contributed by atoms with Gasteiger partial charge in [-0.3, -0.25) is 0 Å². The van der Waals surface area contributed by atoms with Crippen LogP contribution in [0.15, 0.2) is 60.7 Å². The summed E-state index contributed by atoms with van der Waals surface area (Å²) in [4.78, 5) is 0. The van der Waals surface area contributed by atoms with Crippen LogP contribution >= 0.6 is 23.2 Å². The maximum Gasteiger partial charge on any atom is 0.112 e. The van der Waals surface area contributed by atoms with E-state index in [9.17, 15) is 0 Å². The summed E-state index contributed by atoms with van der Waals surface area (Å²) < 4.78 is 1.86. The first-order chi connectivity index (χ1) is 13.9. The summed E-state index contributed by atoms with van der Waals surface area (Å²) in [5.41, 5.74) is 9.30. The van der Waals surface area contributed by atoms with Crippen molar-refractivity contribution < 1.29 is 0 Å². The Labute approximate surface area is 181 Å². The lowest BCUT2D eigenvalue weighted by Gasteiger charge is -2.11. The van der Waals surface area contributed by atoms with Crippen molar-refractivity contribution in [1.82, 2.24) is 9.78 Å². The molecule has 0 fully saturated rings. The molecule has 0 spiro atoms. The quantitative estimate of drug-likeness (QED) is 0.331. The Morgan fingerprint density at radius 1 is 0.690 bits per heavy atom. The molecule has 0 amide bonds. The molecule has 0 aliphatic carbocycles. The Morgan fingerprint density at radius 2 is 1.28 bits per heavy atom. The Balaban J connectivity index is 2.02. The summed E-state index contributed by atoms with van der Waals surface area (Å²) in [5, 5.41) is 6.16. The molecule has 2 nitrogen and oxygen atoms in total. The molecule has 0 aliphatic heterocycles. The maximum absolute atomic E-state index is 6.96. The predicted molar refractivity (Wildman–Crippen MR) is 123 cm³/mol. The van der Waals surface area contributed by atoms with Crippen LogP contribution in [0.4, 0.5) is 0 Å². The maximum atomic E-state index is 6.96. The highest BCUT2D eigenvalue weighted by Gasteiger charge is 2.22. The smallest absolute Gasteiger partial charge is 0.112 e. The van der Waals surface area contributed by atoms with E-state index in [4.69, 9.17) is 28.3 Å². The standard InChI is InChI=1S/C25H22Cl2N2/c1-15-9-11-19(13-17(15)3)24-23(27)25(20-12-10-16(2)18(4)14-20)29(28-24)22-8-6-5-7-21(22)26/h5-14H,1-4H3. The Hall–Kier alpha value is -2.55. The number of rotatable bonds is 3. The van der Waals surface area contributed by atoms with Gasteiger partial charge in [-0.2, -0.15) is 5.10 Å². The van der Waals surface area contributed by atoms with E-state index in [0.29, 0.717) is 10.0 Å². The zero-order chi connectivity index (χ0) is 20.7. The van der Waals surface area contributed by atoms with Gasteiger partial charge in [0.15, 0.2) is 0 Å². The molecule has 0 unspecified atom stereocenters. The summed E-state index contributed by atoms with van der Waals surface area (Å²) in [6, 6.07) is 20.3. The largest absolute Gasteiger partial charge is 0.229 e. The van der Waals surface area contributed by atoms with Crippen molar-refractivity contribution >= 4 is 23.2 Å². The fourth-order valence-electron chi connectivity index (χ4n) is 3.41. The van der Waals surface area contributed by atoms with Gasteiger partial charge in [-0.1, -0.05) is 59.6 Å². The monoisotopic (exact) mass is 420 g/mol. The fourth-order valence-corrected chi connectivity index (χ4v) is 3.96. The molecule has 4 rings (SSSR count). The second-order valence-corrected chi connectivity index (χ2v) is 8.26. The number of nitrogens with zero attached hydrogens (tertiary/aromatic N) is 2. The molecular formula is C25H22Cl2N2. The molecule has 29 heavy (non-hydrogen) atoms. The van der Waals surface area contributed by atoms with Crippen LogP contribution < -0.4 is 0 Å². The molecule has 0 radical (unpaired) electrons. The van der Waals surface area contributed by atoms with Crippen LogP contribution in [-0.4, -0.2) is 9.78 Å². The number of hydrogen-bond donors (Lipinski definition) is 0. The summed E-state index contributed by atoms with van der Waals surface area (Å²) in [6.45, 7) is 8.41. The molecular weight excluding hydrogens is 399 g/mol. The van der Waals surface area contributed by atoms with Gasteiger partial charge in [-0.15, -0.1) is 0 Å². The summed E-state index contributed by atoms with van der Waals surface area (Å²) in [5.74, 6) is 0. The van der Waals surface area contributed by atoms with Crippen molar-refractivity contribution in [3.8, 4) is 28.2 Å². The first kappa shape index (κ1) is 19.8. The van der Waals surface area contributed by atoms with E-state index < -0.39 is 0 Å². The van der Waals surface area contributed by atoms with E-state index in [1.807, 2.05) is 28.9 Å². The summed E-state index contributed by atoms with van der Waals surface area (Å²) >= 11 is 13.5. The molecule has 0 aliphatic rings. The van der Waals surface area contributed by atoms with Crippen molar-refractivity contribution in [2.24, 2.45) is 0 Å². The number of aryl methyl sites for hydroxylation is 4. The van der Waals surface area contributed by atoms with Crippen molar-refractivity contribution in [2.75, 3.05) is 0 Å². The molecule has 1 heterocycles. The highest BCUT2D eigenvalue weighted by molar-refractivity contribution is 6.36. The van der Waals surface area contributed by atoms with E-state index in [-0.39, 0.29) is 0 Å². The highest BCUT2D eigenvalue weighted by Crippen LogP contribution is 2.39. The van der Waals surface area contributed by atoms with Crippen LogP contribution in [0.5, 0.6) is 0 Å². The van der Waals surface area contributed by atoms with Gasteiger partial charge >= 0.3 is 0 Å². The highest BCUT2D eigenvalue weighted by atomic mass is 35.5. The Bertz CT molecular complexity index is 1220. The summed E-state index contributed by atoms with van der Waals surface area (Å²) in [6.07, 6.45) is 0. The van der Waals surface area contributed by atoms with E-state index >= 15 is 0 Å². The van der Waals surface area contributed by atoms with E-state index in [2.05, 4.69) is 64.1 Å². The lowest BCUT2D eigenvalue weighted by atomic mass is 10.0. The van der Waals surface area contributed by atoms with Crippen LogP contribution in [0.1, 0.15) is 22.3 Å². The average Bonchev–Trinajstić information content (AvgIpc) is 3.03. The van der Waals surface area contributed by atoms with Gasteiger partial charge in [0.25, 0.3) is 0 Å². The van der Waals surface area contributed by atoms with Gasteiger partial charge in [-0.25, -0.2) is 4.68 Å². The number of aromatic nitrogens is 2. The van der Waals surface area contributed by atoms with Crippen molar-refractivity contribution in [3.63, 3.8) is 0 Å². The molecule has 0 saturated heterocycles. The second kappa shape index (κ2) is 7.70. The van der Waals surface area contributed by atoms with Crippen molar-refractivity contribution in [2.45, 2.75) is 27.7 Å². The Kier molecular flexibility index (Phi) is 5.24. The molecule has 0 N–H and O–H groups in total. The van der Waals surface area contributed by atoms with Gasteiger partial charge in [0.05, 0.1) is 21.4 Å². The third-order valence-electron chi connectivity index (χ3n) is 5.47. The van der Waals surface area contributed by atoms with E-state index in [1.54, 1.807) is 0 Å². The lowest BCUT2D eigenvalue weighted by molar-refractivity contribution is 0.892. The number of para-hydroxylation sites is 1.